The number of rotatable bonds is 10. The molecule has 7 nitrogen and oxygen atoms in total. The Labute approximate surface area is 204 Å². The van der Waals surface area contributed by atoms with Gasteiger partial charge >= 0.3 is 0 Å². The maximum absolute atomic E-state index is 13.3. The van der Waals surface area contributed by atoms with Gasteiger partial charge in [-0.25, -0.2) is 8.42 Å². The van der Waals surface area contributed by atoms with Crippen molar-refractivity contribution >= 4 is 27.5 Å². The summed E-state index contributed by atoms with van der Waals surface area (Å²) in [7, 11) is -3.51. The van der Waals surface area contributed by atoms with Gasteiger partial charge in [-0.3, -0.25) is 13.9 Å². The van der Waals surface area contributed by atoms with Gasteiger partial charge in [0.05, 0.1) is 11.9 Å². The van der Waals surface area contributed by atoms with Gasteiger partial charge in [-0.15, -0.1) is 0 Å². The molecule has 0 aliphatic rings. The van der Waals surface area contributed by atoms with E-state index < -0.39 is 21.6 Å². The molecule has 34 heavy (non-hydrogen) atoms. The van der Waals surface area contributed by atoms with E-state index in [1.807, 2.05) is 70.2 Å². The summed E-state index contributed by atoms with van der Waals surface area (Å²) in [5.41, 5.74) is 1.95. The fourth-order valence-electron chi connectivity index (χ4n) is 3.66. The molecule has 2 aromatic rings. The largest absolute Gasteiger partial charge is 0.350 e. The van der Waals surface area contributed by atoms with Gasteiger partial charge in [0.15, 0.2) is 0 Å². The van der Waals surface area contributed by atoms with Crippen LogP contribution in [0.1, 0.15) is 51.7 Å². The molecule has 0 spiro atoms. The number of hydrogen-bond acceptors (Lipinski definition) is 4. The number of aryl methyl sites for hydroxylation is 1. The van der Waals surface area contributed by atoms with Crippen molar-refractivity contribution in [2.75, 3.05) is 17.1 Å². The normalized spacial score (nSPS) is 12.6. The van der Waals surface area contributed by atoms with Crippen molar-refractivity contribution in [1.82, 2.24) is 10.2 Å². The zero-order chi connectivity index (χ0) is 25.5. The highest BCUT2D eigenvalue weighted by molar-refractivity contribution is 7.92. The number of amides is 2. The molecular formula is C26H37N3O4S. The minimum atomic E-state index is -3.51. The van der Waals surface area contributed by atoms with Gasteiger partial charge in [-0.2, -0.15) is 0 Å². The number of nitrogens with zero attached hydrogens (tertiary/aromatic N) is 2. The molecule has 8 heteroatoms. The fourth-order valence-corrected chi connectivity index (χ4v) is 4.69. The van der Waals surface area contributed by atoms with E-state index in [9.17, 15) is 18.0 Å². The van der Waals surface area contributed by atoms with Crippen LogP contribution in [0.15, 0.2) is 54.6 Å². The molecule has 0 aliphatic carbocycles. The third-order valence-electron chi connectivity index (χ3n) is 5.40. The molecule has 0 heterocycles. The average molecular weight is 488 g/mol. The Hall–Kier alpha value is -2.87. The zero-order valence-electron chi connectivity index (χ0n) is 21.0. The molecule has 0 fully saturated rings. The molecule has 1 N–H and O–H groups in total. The van der Waals surface area contributed by atoms with Crippen LogP contribution in [-0.2, 0) is 26.2 Å². The lowest BCUT2D eigenvalue weighted by Gasteiger charge is -2.32. The molecule has 0 unspecified atom stereocenters. The van der Waals surface area contributed by atoms with Crippen molar-refractivity contribution in [3.05, 3.63) is 65.7 Å². The number of para-hydroxylation sites is 1. The van der Waals surface area contributed by atoms with E-state index in [1.165, 1.54) is 10.6 Å². The zero-order valence-corrected chi connectivity index (χ0v) is 21.9. The SMILES string of the molecule is Cc1ccccc1N(CCCC(=O)N(Cc1ccccc1)[C@H](C)C(=O)NC(C)(C)C)S(C)(=O)=O. The van der Waals surface area contributed by atoms with Crippen LogP contribution in [0.5, 0.6) is 0 Å². The van der Waals surface area contributed by atoms with Crippen molar-refractivity contribution < 1.29 is 18.0 Å². The highest BCUT2D eigenvalue weighted by Gasteiger charge is 2.28. The van der Waals surface area contributed by atoms with E-state index >= 15 is 0 Å². The van der Waals surface area contributed by atoms with E-state index in [1.54, 1.807) is 24.0 Å². The smallest absolute Gasteiger partial charge is 0.242 e. The van der Waals surface area contributed by atoms with Crippen molar-refractivity contribution in [3.8, 4) is 0 Å². The molecule has 0 aliphatic heterocycles. The molecule has 0 saturated carbocycles. The number of hydrogen-bond donors (Lipinski definition) is 1. The average Bonchev–Trinajstić information content (AvgIpc) is 2.74. The molecule has 0 radical (unpaired) electrons. The Morgan fingerprint density at radius 3 is 2.15 bits per heavy atom. The monoisotopic (exact) mass is 487 g/mol. The molecule has 186 valence electrons. The first kappa shape index (κ1) is 27.4. The first-order valence-electron chi connectivity index (χ1n) is 11.5. The van der Waals surface area contributed by atoms with E-state index in [-0.39, 0.29) is 24.8 Å². The van der Waals surface area contributed by atoms with E-state index in [0.717, 1.165) is 11.1 Å². The lowest BCUT2D eigenvalue weighted by atomic mass is 10.1. The summed E-state index contributed by atoms with van der Waals surface area (Å²) in [6, 6.07) is 16.1. The summed E-state index contributed by atoms with van der Waals surface area (Å²) >= 11 is 0. The second-order valence-electron chi connectivity index (χ2n) is 9.65. The van der Waals surface area contributed by atoms with Crippen LogP contribution < -0.4 is 9.62 Å². The molecule has 0 saturated heterocycles. The van der Waals surface area contributed by atoms with Gasteiger partial charge < -0.3 is 10.2 Å². The topological polar surface area (TPSA) is 86.8 Å². The van der Waals surface area contributed by atoms with Crippen LogP contribution in [-0.4, -0.2) is 49.5 Å². The first-order valence-corrected chi connectivity index (χ1v) is 13.3. The summed E-state index contributed by atoms with van der Waals surface area (Å²) in [5, 5.41) is 2.94. The van der Waals surface area contributed by atoms with E-state index in [2.05, 4.69) is 5.32 Å². The van der Waals surface area contributed by atoms with Gasteiger partial charge in [0.25, 0.3) is 0 Å². The summed E-state index contributed by atoms with van der Waals surface area (Å²) in [4.78, 5) is 27.7. The van der Waals surface area contributed by atoms with Crippen LogP contribution in [0.3, 0.4) is 0 Å². The molecule has 0 aromatic heterocycles. The number of carbonyl (C=O) groups is 2. The molecule has 1 atom stereocenters. The van der Waals surface area contributed by atoms with Crippen molar-refractivity contribution in [1.29, 1.82) is 0 Å². The number of sulfonamides is 1. The molecule has 2 amide bonds. The molecule has 0 bridgehead atoms. The predicted molar refractivity (Wildman–Crippen MR) is 137 cm³/mol. The molecular weight excluding hydrogens is 450 g/mol. The lowest BCUT2D eigenvalue weighted by molar-refractivity contribution is -0.141. The number of carbonyl (C=O) groups excluding carboxylic acids is 2. The first-order chi connectivity index (χ1) is 15.8. The Bertz CT molecular complexity index is 1080. The van der Waals surface area contributed by atoms with Crippen molar-refractivity contribution in [2.24, 2.45) is 0 Å². The fraction of sp³-hybridized carbons (Fsp3) is 0.462. The number of nitrogens with one attached hydrogen (secondary N) is 1. The summed E-state index contributed by atoms with van der Waals surface area (Å²) < 4.78 is 26.2. The highest BCUT2D eigenvalue weighted by atomic mass is 32.2. The second-order valence-corrected chi connectivity index (χ2v) is 11.6. The van der Waals surface area contributed by atoms with Gasteiger partial charge in [0.1, 0.15) is 6.04 Å². The molecule has 2 aromatic carbocycles. The third-order valence-corrected chi connectivity index (χ3v) is 6.58. The maximum Gasteiger partial charge on any atom is 0.242 e. The van der Waals surface area contributed by atoms with Crippen LogP contribution in [0.2, 0.25) is 0 Å². The van der Waals surface area contributed by atoms with E-state index in [0.29, 0.717) is 18.7 Å². The Kier molecular flexibility index (Phi) is 9.27. The predicted octanol–water partition coefficient (Wildman–Crippen LogP) is 3.87. The molecule has 2 rings (SSSR count). The summed E-state index contributed by atoms with van der Waals surface area (Å²) in [5.74, 6) is -0.423. The standard InChI is InChI=1S/C26H37N3O4S/c1-20-13-10-11-16-23(20)29(34(6,32)33)18-12-17-24(30)28(19-22-14-8-7-9-15-22)21(2)25(31)27-26(3,4)5/h7-11,13-16,21H,12,17-19H2,1-6H3,(H,27,31)/t21-/m1/s1. The van der Waals surface area contributed by atoms with Gasteiger partial charge in [-0.1, -0.05) is 48.5 Å². The Morgan fingerprint density at radius 2 is 1.59 bits per heavy atom. The third kappa shape index (κ3) is 8.17. The minimum absolute atomic E-state index is 0.123. The van der Waals surface area contributed by atoms with Gasteiger partial charge in [-0.05, 0) is 58.2 Å². The second kappa shape index (κ2) is 11.5. The Morgan fingerprint density at radius 1 is 1.00 bits per heavy atom. The van der Waals surface area contributed by atoms with Crippen LogP contribution in [0.25, 0.3) is 0 Å². The van der Waals surface area contributed by atoms with Gasteiger partial charge in [0.2, 0.25) is 21.8 Å². The Balaban J connectivity index is 2.17. The minimum Gasteiger partial charge on any atom is -0.350 e. The number of anilines is 1. The van der Waals surface area contributed by atoms with E-state index in [4.69, 9.17) is 0 Å². The van der Waals surface area contributed by atoms with Crippen LogP contribution in [0.4, 0.5) is 5.69 Å². The summed E-state index contributed by atoms with van der Waals surface area (Å²) in [6.07, 6.45) is 1.62. The van der Waals surface area contributed by atoms with Crippen molar-refractivity contribution in [3.63, 3.8) is 0 Å². The lowest BCUT2D eigenvalue weighted by Crippen LogP contribution is -2.52. The highest BCUT2D eigenvalue weighted by Crippen LogP contribution is 2.23. The van der Waals surface area contributed by atoms with Crippen LogP contribution >= 0.6 is 0 Å². The van der Waals surface area contributed by atoms with Crippen molar-refractivity contribution in [2.45, 2.75) is 65.6 Å². The number of benzene rings is 2. The summed E-state index contributed by atoms with van der Waals surface area (Å²) in [6.45, 7) is 9.74. The van der Waals surface area contributed by atoms with Gasteiger partial charge in [0, 0.05) is 25.0 Å². The maximum atomic E-state index is 13.3. The van der Waals surface area contributed by atoms with Crippen LogP contribution in [0, 0.1) is 6.92 Å². The quantitative estimate of drug-likeness (QED) is 0.551.